The number of nitrogens with two attached hydrogens (primary N) is 1. The van der Waals surface area contributed by atoms with Gasteiger partial charge in [-0.3, -0.25) is 4.79 Å². The molecular weight excluding hydrogens is 248 g/mol. The number of anilines is 2. The van der Waals surface area contributed by atoms with Gasteiger partial charge in [0, 0.05) is 19.6 Å². The molecular formula is C12H20N4OS. The molecule has 5 nitrogen and oxygen atoms in total. The maximum absolute atomic E-state index is 11.9. The first-order chi connectivity index (χ1) is 8.56. The first-order valence-electron chi connectivity index (χ1n) is 6.30. The maximum atomic E-state index is 11.9. The topological polar surface area (TPSA) is 71.2 Å². The molecule has 1 fully saturated rings. The molecule has 2 heterocycles. The van der Waals surface area contributed by atoms with Crippen LogP contribution in [0.5, 0.6) is 0 Å². The number of rotatable bonds is 3. The molecule has 0 aromatic carbocycles. The Hall–Kier alpha value is -1.30. The van der Waals surface area contributed by atoms with Crippen LogP contribution in [0.4, 0.5) is 10.8 Å². The lowest BCUT2D eigenvalue weighted by molar-refractivity contribution is 0.0964. The molecule has 0 bridgehead atoms. The smallest absolute Gasteiger partial charge is 0.257 e. The highest BCUT2D eigenvalue weighted by Gasteiger charge is 2.32. The Labute approximate surface area is 112 Å². The van der Waals surface area contributed by atoms with Gasteiger partial charge in [-0.2, -0.15) is 4.37 Å². The van der Waals surface area contributed by atoms with E-state index in [0.29, 0.717) is 23.3 Å². The van der Waals surface area contributed by atoms with Gasteiger partial charge in [-0.25, -0.2) is 0 Å². The van der Waals surface area contributed by atoms with E-state index in [-0.39, 0.29) is 5.91 Å². The van der Waals surface area contributed by atoms with Gasteiger partial charge in [-0.1, -0.05) is 13.8 Å². The van der Waals surface area contributed by atoms with E-state index in [2.05, 4.69) is 28.4 Å². The van der Waals surface area contributed by atoms with E-state index in [1.807, 2.05) is 0 Å². The van der Waals surface area contributed by atoms with Crippen LogP contribution < -0.4 is 16.0 Å². The van der Waals surface area contributed by atoms with Gasteiger partial charge in [0.2, 0.25) is 0 Å². The third-order valence-corrected chi connectivity index (χ3v) is 4.38. The van der Waals surface area contributed by atoms with Gasteiger partial charge < -0.3 is 16.0 Å². The standard InChI is InChI=1S/C12H20N4OS/c1-7(2)8-5-4-6-16(8)12-9(11(17)14-3)10(13)15-18-12/h7-8H,4-6H2,1-3H3,(H2,13,15)(H,14,17). The Kier molecular flexibility index (Phi) is 3.75. The van der Waals surface area contributed by atoms with E-state index in [4.69, 9.17) is 5.73 Å². The van der Waals surface area contributed by atoms with Gasteiger partial charge in [0.1, 0.15) is 10.6 Å². The van der Waals surface area contributed by atoms with Gasteiger partial charge in [0.15, 0.2) is 5.82 Å². The Morgan fingerprint density at radius 2 is 2.33 bits per heavy atom. The normalized spacial score (nSPS) is 19.6. The molecule has 6 heteroatoms. The van der Waals surface area contributed by atoms with Crippen molar-refractivity contribution in [3.63, 3.8) is 0 Å². The number of nitrogen functional groups attached to an aromatic ring is 1. The molecule has 1 amide bonds. The Morgan fingerprint density at radius 3 is 2.94 bits per heavy atom. The highest BCUT2D eigenvalue weighted by Crippen LogP contribution is 2.37. The van der Waals surface area contributed by atoms with Crippen molar-refractivity contribution < 1.29 is 4.79 Å². The van der Waals surface area contributed by atoms with E-state index in [1.54, 1.807) is 7.05 Å². The van der Waals surface area contributed by atoms with Gasteiger partial charge in [-0.15, -0.1) is 0 Å². The summed E-state index contributed by atoms with van der Waals surface area (Å²) in [4.78, 5) is 14.2. The van der Waals surface area contributed by atoms with E-state index < -0.39 is 0 Å². The molecule has 0 radical (unpaired) electrons. The van der Waals surface area contributed by atoms with Gasteiger partial charge in [0.05, 0.1) is 0 Å². The number of nitrogens with zero attached hydrogens (tertiary/aromatic N) is 2. The summed E-state index contributed by atoms with van der Waals surface area (Å²) in [7, 11) is 1.62. The molecule has 1 saturated heterocycles. The zero-order chi connectivity index (χ0) is 13.3. The summed E-state index contributed by atoms with van der Waals surface area (Å²) in [6.07, 6.45) is 2.33. The zero-order valence-corrected chi connectivity index (χ0v) is 11.9. The second kappa shape index (κ2) is 5.14. The first-order valence-corrected chi connectivity index (χ1v) is 7.07. The monoisotopic (exact) mass is 268 g/mol. The third kappa shape index (κ3) is 2.16. The minimum atomic E-state index is -0.148. The summed E-state index contributed by atoms with van der Waals surface area (Å²) >= 11 is 1.33. The minimum Gasteiger partial charge on any atom is -0.382 e. The quantitative estimate of drug-likeness (QED) is 0.875. The molecule has 1 aliphatic rings. The number of carbonyl (C=O) groups is 1. The number of aromatic nitrogens is 1. The lowest BCUT2D eigenvalue weighted by Crippen LogP contribution is -2.34. The van der Waals surface area contributed by atoms with E-state index in [1.165, 1.54) is 18.0 Å². The van der Waals surface area contributed by atoms with Crippen LogP contribution in [0.3, 0.4) is 0 Å². The first kappa shape index (κ1) is 13.1. The maximum Gasteiger partial charge on any atom is 0.257 e. The van der Waals surface area contributed by atoms with E-state index in [0.717, 1.165) is 18.0 Å². The second-order valence-electron chi connectivity index (χ2n) is 4.97. The number of hydrogen-bond donors (Lipinski definition) is 2. The Bertz CT molecular complexity index is 443. The molecule has 1 atom stereocenters. The lowest BCUT2D eigenvalue weighted by Gasteiger charge is -2.28. The minimum absolute atomic E-state index is 0.148. The largest absolute Gasteiger partial charge is 0.382 e. The number of nitrogens with one attached hydrogen (secondary N) is 1. The molecule has 0 saturated carbocycles. The second-order valence-corrected chi connectivity index (χ2v) is 5.73. The average Bonchev–Trinajstić information content (AvgIpc) is 2.93. The van der Waals surface area contributed by atoms with Crippen LogP contribution in [0.25, 0.3) is 0 Å². The summed E-state index contributed by atoms with van der Waals surface area (Å²) in [5.41, 5.74) is 6.36. The fraction of sp³-hybridized carbons (Fsp3) is 0.667. The third-order valence-electron chi connectivity index (χ3n) is 3.48. The molecule has 0 aliphatic carbocycles. The van der Waals surface area contributed by atoms with E-state index in [9.17, 15) is 4.79 Å². The van der Waals surface area contributed by atoms with Crippen LogP contribution in [0.1, 0.15) is 37.0 Å². The van der Waals surface area contributed by atoms with Crippen LogP contribution in [-0.2, 0) is 0 Å². The molecule has 1 aliphatic heterocycles. The Balaban J connectivity index is 2.36. The van der Waals surface area contributed by atoms with Crippen LogP contribution >= 0.6 is 11.5 Å². The van der Waals surface area contributed by atoms with Crippen molar-refractivity contribution in [2.24, 2.45) is 5.92 Å². The highest BCUT2D eigenvalue weighted by molar-refractivity contribution is 7.11. The van der Waals surface area contributed by atoms with Crippen LogP contribution in [0.15, 0.2) is 0 Å². The number of carbonyl (C=O) groups excluding carboxylic acids is 1. The van der Waals surface area contributed by atoms with Crippen LogP contribution in [-0.4, -0.2) is 29.9 Å². The van der Waals surface area contributed by atoms with Crippen molar-refractivity contribution >= 4 is 28.3 Å². The predicted octanol–water partition coefficient (Wildman–Crippen LogP) is 1.71. The molecule has 1 aromatic heterocycles. The summed E-state index contributed by atoms with van der Waals surface area (Å²) in [6.45, 7) is 5.41. The van der Waals surface area contributed by atoms with Crippen LogP contribution in [0, 0.1) is 5.92 Å². The molecule has 2 rings (SSSR count). The van der Waals surface area contributed by atoms with Crippen molar-refractivity contribution in [3.8, 4) is 0 Å². The van der Waals surface area contributed by atoms with Crippen molar-refractivity contribution in [3.05, 3.63) is 5.56 Å². The zero-order valence-electron chi connectivity index (χ0n) is 11.1. The van der Waals surface area contributed by atoms with Crippen molar-refractivity contribution in [2.75, 3.05) is 24.2 Å². The van der Waals surface area contributed by atoms with Gasteiger partial charge in [-0.05, 0) is 30.3 Å². The summed E-state index contributed by atoms with van der Waals surface area (Å²) in [5, 5.41) is 3.56. The summed E-state index contributed by atoms with van der Waals surface area (Å²) < 4.78 is 4.14. The number of amides is 1. The molecule has 1 aromatic rings. The molecule has 0 spiro atoms. The fourth-order valence-electron chi connectivity index (χ4n) is 2.57. The van der Waals surface area contributed by atoms with Gasteiger partial charge in [0.25, 0.3) is 5.91 Å². The average molecular weight is 268 g/mol. The molecule has 3 N–H and O–H groups in total. The van der Waals surface area contributed by atoms with Crippen molar-refractivity contribution in [1.82, 2.24) is 9.69 Å². The molecule has 100 valence electrons. The summed E-state index contributed by atoms with van der Waals surface area (Å²) in [5.74, 6) is 0.753. The molecule has 18 heavy (non-hydrogen) atoms. The SMILES string of the molecule is CNC(=O)c1c(N)nsc1N1CCCC1C(C)C. The van der Waals surface area contributed by atoms with E-state index >= 15 is 0 Å². The fourth-order valence-corrected chi connectivity index (χ4v) is 3.46. The van der Waals surface area contributed by atoms with Crippen LogP contribution in [0.2, 0.25) is 0 Å². The van der Waals surface area contributed by atoms with Gasteiger partial charge >= 0.3 is 0 Å². The predicted molar refractivity (Wildman–Crippen MR) is 75.1 cm³/mol. The summed E-state index contributed by atoms with van der Waals surface area (Å²) in [6, 6.07) is 0.480. The number of hydrogen-bond acceptors (Lipinski definition) is 5. The lowest BCUT2D eigenvalue weighted by atomic mass is 10.0. The highest BCUT2D eigenvalue weighted by atomic mass is 32.1. The van der Waals surface area contributed by atoms with Crippen molar-refractivity contribution in [2.45, 2.75) is 32.7 Å². The Morgan fingerprint density at radius 1 is 1.61 bits per heavy atom. The molecule has 1 unspecified atom stereocenters. The van der Waals surface area contributed by atoms with Crippen molar-refractivity contribution in [1.29, 1.82) is 0 Å².